The summed E-state index contributed by atoms with van der Waals surface area (Å²) >= 11 is 0. The molecule has 1 aliphatic rings. The van der Waals surface area contributed by atoms with Gasteiger partial charge in [-0.1, -0.05) is 12.1 Å². The topological polar surface area (TPSA) is 69.7 Å². The van der Waals surface area contributed by atoms with E-state index in [9.17, 15) is 18.8 Å². The highest BCUT2D eigenvalue weighted by molar-refractivity contribution is 6.05. The number of likely N-dealkylation sites (N-methyl/N-ethyl adjacent to an activating group) is 2. The lowest BCUT2D eigenvalue weighted by atomic mass is 9.94. The summed E-state index contributed by atoms with van der Waals surface area (Å²) in [6.07, 6.45) is 0.435. The van der Waals surface area contributed by atoms with E-state index in [-0.39, 0.29) is 24.1 Å². The van der Waals surface area contributed by atoms with Gasteiger partial charge in [-0.25, -0.2) is 9.18 Å². The number of urea groups is 1. The summed E-state index contributed by atoms with van der Waals surface area (Å²) in [4.78, 5) is 38.3. The predicted molar refractivity (Wildman–Crippen MR) is 86.7 cm³/mol. The number of amides is 4. The molecule has 4 amide bonds. The van der Waals surface area contributed by atoms with Gasteiger partial charge in [0.25, 0.3) is 5.91 Å². The first kappa shape index (κ1) is 17.9. The highest BCUT2D eigenvalue weighted by Gasteiger charge is 2.42. The monoisotopic (exact) mass is 335 g/mol. The highest BCUT2D eigenvalue weighted by atomic mass is 19.1. The Kier molecular flexibility index (Phi) is 4.91. The number of halogens is 1. The second-order valence-electron chi connectivity index (χ2n) is 6.75. The van der Waals surface area contributed by atoms with Gasteiger partial charge in [0.2, 0.25) is 5.91 Å². The molecule has 0 saturated carbocycles. The number of nitrogens with zero attached hydrogens (tertiary/aromatic N) is 2. The second-order valence-corrected chi connectivity index (χ2v) is 6.75. The van der Waals surface area contributed by atoms with Crippen LogP contribution >= 0.6 is 0 Å². The maximum atomic E-state index is 13.0. The minimum Gasteiger partial charge on any atom is -0.351 e. The molecular formula is C17H22FN3O3. The number of carbonyl (C=O) groups is 3. The van der Waals surface area contributed by atoms with Crippen LogP contribution in [0.25, 0.3) is 0 Å². The number of imide groups is 1. The first-order valence-electron chi connectivity index (χ1n) is 7.70. The predicted octanol–water partition coefficient (Wildman–Crippen LogP) is 1.55. The lowest BCUT2D eigenvalue weighted by Gasteiger charge is -2.27. The van der Waals surface area contributed by atoms with Gasteiger partial charge in [0.05, 0.1) is 6.42 Å². The molecule has 7 heteroatoms. The largest absolute Gasteiger partial charge is 0.351 e. The van der Waals surface area contributed by atoms with Crippen molar-refractivity contribution in [2.45, 2.75) is 38.3 Å². The van der Waals surface area contributed by atoms with Crippen LogP contribution in [-0.2, 0) is 16.0 Å². The van der Waals surface area contributed by atoms with Gasteiger partial charge in [-0.2, -0.15) is 0 Å². The van der Waals surface area contributed by atoms with E-state index in [1.807, 2.05) is 13.8 Å². The summed E-state index contributed by atoms with van der Waals surface area (Å²) in [7, 11) is 2.91. The standard InChI is InChI=1S/C17H22FN3O3/c1-17(2,10-11-5-7-12(18)8-6-11)19-14(22)9-13-15(23)21(4)16(24)20(13)3/h5-8,13H,9-10H2,1-4H3,(H,19,22)/t13-/m0/s1. The van der Waals surface area contributed by atoms with Gasteiger partial charge in [0.1, 0.15) is 11.9 Å². The fraction of sp³-hybridized carbons (Fsp3) is 0.471. The van der Waals surface area contributed by atoms with E-state index in [0.29, 0.717) is 6.42 Å². The summed E-state index contributed by atoms with van der Waals surface area (Å²) in [6.45, 7) is 3.71. The molecule has 2 rings (SSSR count). The average molecular weight is 335 g/mol. The van der Waals surface area contributed by atoms with Crippen LogP contribution in [0.1, 0.15) is 25.8 Å². The van der Waals surface area contributed by atoms with Crippen LogP contribution < -0.4 is 5.32 Å². The first-order chi connectivity index (χ1) is 11.1. The van der Waals surface area contributed by atoms with Crippen LogP contribution in [0.5, 0.6) is 0 Å². The number of hydrogen-bond donors (Lipinski definition) is 1. The van der Waals surface area contributed by atoms with E-state index < -0.39 is 17.6 Å². The van der Waals surface area contributed by atoms with Gasteiger partial charge < -0.3 is 10.2 Å². The second kappa shape index (κ2) is 6.59. The molecule has 6 nitrogen and oxygen atoms in total. The van der Waals surface area contributed by atoms with Gasteiger partial charge >= 0.3 is 6.03 Å². The molecule has 0 spiro atoms. The Hall–Kier alpha value is -2.44. The molecule has 1 N–H and O–H groups in total. The Labute approximate surface area is 140 Å². The molecule has 1 aliphatic heterocycles. The summed E-state index contributed by atoms with van der Waals surface area (Å²) in [6, 6.07) is 4.91. The van der Waals surface area contributed by atoms with E-state index in [1.54, 1.807) is 12.1 Å². The Balaban J connectivity index is 1.97. The zero-order valence-corrected chi connectivity index (χ0v) is 14.3. The highest BCUT2D eigenvalue weighted by Crippen LogP contribution is 2.18. The summed E-state index contributed by atoms with van der Waals surface area (Å²) in [5.41, 5.74) is 0.330. The van der Waals surface area contributed by atoms with Crippen LogP contribution in [-0.4, -0.2) is 53.3 Å². The van der Waals surface area contributed by atoms with Crippen LogP contribution in [0.4, 0.5) is 9.18 Å². The van der Waals surface area contributed by atoms with Crippen LogP contribution in [0.3, 0.4) is 0 Å². The van der Waals surface area contributed by atoms with Crippen molar-refractivity contribution in [1.29, 1.82) is 0 Å². The summed E-state index contributed by atoms with van der Waals surface area (Å²) in [5, 5.41) is 2.88. The molecule has 0 radical (unpaired) electrons. The lowest BCUT2D eigenvalue weighted by Crippen LogP contribution is -2.47. The molecule has 1 heterocycles. The lowest BCUT2D eigenvalue weighted by molar-refractivity contribution is -0.131. The zero-order valence-electron chi connectivity index (χ0n) is 14.3. The van der Waals surface area contributed by atoms with Crippen molar-refractivity contribution in [1.82, 2.24) is 15.1 Å². The summed E-state index contributed by atoms with van der Waals surface area (Å²) < 4.78 is 13.0. The van der Waals surface area contributed by atoms with Crippen molar-refractivity contribution in [2.75, 3.05) is 14.1 Å². The molecular weight excluding hydrogens is 313 g/mol. The zero-order chi connectivity index (χ0) is 18.1. The normalized spacial score (nSPS) is 18.3. The SMILES string of the molecule is CN1C(=O)[C@H](CC(=O)NC(C)(C)Cc2ccc(F)cc2)N(C)C1=O. The van der Waals surface area contributed by atoms with Gasteiger partial charge in [-0.3, -0.25) is 14.5 Å². The number of nitrogens with one attached hydrogen (secondary N) is 1. The number of rotatable bonds is 5. The molecule has 1 atom stereocenters. The quantitative estimate of drug-likeness (QED) is 0.830. The van der Waals surface area contributed by atoms with Crippen LogP contribution in [0.2, 0.25) is 0 Å². The molecule has 1 fully saturated rings. The van der Waals surface area contributed by atoms with Crippen molar-refractivity contribution < 1.29 is 18.8 Å². The maximum absolute atomic E-state index is 13.0. The molecule has 1 saturated heterocycles. The third kappa shape index (κ3) is 3.90. The van der Waals surface area contributed by atoms with Crippen molar-refractivity contribution in [3.05, 3.63) is 35.6 Å². The smallest absolute Gasteiger partial charge is 0.326 e. The molecule has 130 valence electrons. The van der Waals surface area contributed by atoms with Crippen molar-refractivity contribution >= 4 is 17.8 Å². The van der Waals surface area contributed by atoms with Crippen molar-refractivity contribution in [3.63, 3.8) is 0 Å². The van der Waals surface area contributed by atoms with Gasteiger partial charge in [-0.05, 0) is 38.0 Å². The van der Waals surface area contributed by atoms with Crippen LogP contribution in [0.15, 0.2) is 24.3 Å². The molecule has 0 unspecified atom stereocenters. The fourth-order valence-electron chi connectivity index (χ4n) is 2.84. The average Bonchev–Trinajstić information content (AvgIpc) is 2.67. The third-order valence-electron chi connectivity index (χ3n) is 4.09. The molecule has 0 aliphatic carbocycles. The van der Waals surface area contributed by atoms with E-state index >= 15 is 0 Å². The van der Waals surface area contributed by atoms with E-state index in [0.717, 1.165) is 10.5 Å². The molecule has 0 bridgehead atoms. The van der Waals surface area contributed by atoms with E-state index in [1.165, 1.54) is 31.1 Å². The Morgan fingerprint density at radius 3 is 2.29 bits per heavy atom. The fourth-order valence-corrected chi connectivity index (χ4v) is 2.84. The Morgan fingerprint density at radius 1 is 1.21 bits per heavy atom. The Morgan fingerprint density at radius 2 is 1.79 bits per heavy atom. The minimum absolute atomic E-state index is 0.0851. The van der Waals surface area contributed by atoms with Crippen molar-refractivity contribution in [3.8, 4) is 0 Å². The molecule has 24 heavy (non-hydrogen) atoms. The Bertz CT molecular complexity index is 658. The van der Waals surface area contributed by atoms with Crippen LogP contribution in [0, 0.1) is 5.82 Å². The van der Waals surface area contributed by atoms with Gasteiger partial charge in [0, 0.05) is 19.6 Å². The molecule has 1 aromatic rings. The number of hydrogen-bond acceptors (Lipinski definition) is 3. The molecule has 1 aromatic carbocycles. The third-order valence-corrected chi connectivity index (χ3v) is 4.09. The number of benzene rings is 1. The van der Waals surface area contributed by atoms with E-state index in [4.69, 9.17) is 0 Å². The maximum Gasteiger partial charge on any atom is 0.326 e. The minimum atomic E-state index is -0.774. The van der Waals surface area contributed by atoms with Crippen molar-refractivity contribution in [2.24, 2.45) is 0 Å². The van der Waals surface area contributed by atoms with E-state index in [2.05, 4.69) is 5.32 Å². The number of carbonyl (C=O) groups excluding carboxylic acids is 3. The van der Waals surface area contributed by atoms with Gasteiger partial charge in [-0.15, -0.1) is 0 Å². The summed E-state index contributed by atoms with van der Waals surface area (Å²) in [5.74, 6) is -0.999. The molecule has 0 aromatic heterocycles. The van der Waals surface area contributed by atoms with Gasteiger partial charge in [0.15, 0.2) is 0 Å². The first-order valence-corrected chi connectivity index (χ1v) is 7.70.